The number of piperidine rings is 1. The maximum Gasteiger partial charge on any atom is 0.260 e. The fourth-order valence-electron chi connectivity index (χ4n) is 4.08. The molecule has 2 atom stereocenters. The van der Waals surface area contributed by atoms with Gasteiger partial charge in [-0.3, -0.25) is 9.59 Å². The number of aryl methyl sites for hydroxylation is 1. The molecule has 26 heavy (non-hydrogen) atoms. The van der Waals surface area contributed by atoms with Gasteiger partial charge in [-0.2, -0.15) is 0 Å². The van der Waals surface area contributed by atoms with E-state index in [9.17, 15) is 9.59 Å². The summed E-state index contributed by atoms with van der Waals surface area (Å²) >= 11 is 3.00. The van der Waals surface area contributed by atoms with Gasteiger partial charge >= 0.3 is 0 Å². The number of nitrogens with zero attached hydrogens (tertiary/aromatic N) is 2. The number of aromatic amines is 1. The molecule has 0 bridgehead atoms. The van der Waals surface area contributed by atoms with Crippen molar-refractivity contribution in [3.8, 4) is 0 Å². The van der Waals surface area contributed by atoms with Crippen molar-refractivity contribution in [3.63, 3.8) is 0 Å². The molecule has 3 heterocycles. The minimum absolute atomic E-state index is 0.0525. The summed E-state index contributed by atoms with van der Waals surface area (Å²) < 4.78 is 0. The molecular weight excluding hydrogens is 366 g/mol. The minimum Gasteiger partial charge on any atom is -0.339 e. The Morgan fingerprint density at radius 3 is 3.00 bits per heavy atom. The van der Waals surface area contributed by atoms with E-state index in [0.29, 0.717) is 22.9 Å². The van der Waals surface area contributed by atoms with E-state index in [0.717, 1.165) is 48.9 Å². The fraction of sp³-hybridized carbons (Fsp3) is 0.632. The van der Waals surface area contributed by atoms with Gasteiger partial charge in [0.1, 0.15) is 4.83 Å². The van der Waals surface area contributed by atoms with E-state index in [1.54, 1.807) is 11.3 Å². The minimum atomic E-state index is -0.0525. The Morgan fingerprint density at radius 1 is 1.35 bits per heavy atom. The van der Waals surface area contributed by atoms with E-state index in [-0.39, 0.29) is 11.5 Å². The zero-order chi connectivity index (χ0) is 18.3. The van der Waals surface area contributed by atoms with Crippen LogP contribution in [0.2, 0.25) is 0 Å². The summed E-state index contributed by atoms with van der Waals surface area (Å²) in [5, 5.41) is 1.34. The number of hydrogen-bond acceptors (Lipinski definition) is 5. The largest absolute Gasteiger partial charge is 0.339 e. The van der Waals surface area contributed by atoms with E-state index in [2.05, 4.69) is 23.8 Å². The van der Waals surface area contributed by atoms with Crippen molar-refractivity contribution in [1.82, 2.24) is 14.9 Å². The third kappa shape index (κ3) is 3.43. The van der Waals surface area contributed by atoms with Crippen LogP contribution in [0.3, 0.4) is 0 Å². The highest BCUT2D eigenvalue weighted by Crippen LogP contribution is 2.36. The van der Waals surface area contributed by atoms with E-state index in [4.69, 9.17) is 0 Å². The number of thiophene rings is 1. The monoisotopic (exact) mass is 391 g/mol. The van der Waals surface area contributed by atoms with Crippen molar-refractivity contribution in [2.45, 2.75) is 63.6 Å². The number of H-pyrrole nitrogens is 1. The van der Waals surface area contributed by atoms with Crippen molar-refractivity contribution in [3.05, 3.63) is 20.8 Å². The second-order valence-corrected chi connectivity index (χ2v) is 9.67. The lowest BCUT2D eigenvalue weighted by atomic mass is 9.89. The molecule has 2 aliphatic rings. The van der Waals surface area contributed by atoms with Gasteiger partial charge in [0.25, 0.3) is 5.56 Å². The van der Waals surface area contributed by atoms with E-state index >= 15 is 0 Å². The average molecular weight is 392 g/mol. The van der Waals surface area contributed by atoms with Gasteiger partial charge in [0.15, 0.2) is 5.16 Å². The van der Waals surface area contributed by atoms with Gasteiger partial charge in [-0.25, -0.2) is 4.98 Å². The number of nitrogens with one attached hydrogen (secondary N) is 1. The van der Waals surface area contributed by atoms with Crippen molar-refractivity contribution in [1.29, 1.82) is 0 Å². The third-order valence-electron chi connectivity index (χ3n) is 5.60. The molecule has 140 valence electrons. The van der Waals surface area contributed by atoms with Crippen LogP contribution in [0.25, 0.3) is 10.2 Å². The second kappa shape index (κ2) is 7.35. The predicted octanol–water partition coefficient (Wildman–Crippen LogP) is 3.60. The van der Waals surface area contributed by atoms with E-state index in [1.807, 2.05) is 4.90 Å². The third-order valence-corrected chi connectivity index (χ3v) is 7.61. The molecule has 7 heteroatoms. The Kier molecular flexibility index (Phi) is 5.10. The lowest BCUT2D eigenvalue weighted by Gasteiger charge is -2.33. The van der Waals surface area contributed by atoms with Crippen molar-refractivity contribution < 1.29 is 4.79 Å². The molecule has 2 aromatic rings. The van der Waals surface area contributed by atoms with E-state index < -0.39 is 0 Å². The molecular formula is C19H25N3O2S2. The molecule has 5 nitrogen and oxygen atoms in total. The number of rotatable bonds is 3. The zero-order valence-corrected chi connectivity index (χ0v) is 17.0. The highest BCUT2D eigenvalue weighted by Gasteiger charge is 2.25. The van der Waals surface area contributed by atoms with Gasteiger partial charge in [0.2, 0.25) is 5.91 Å². The number of hydrogen-bond donors (Lipinski definition) is 1. The van der Waals surface area contributed by atoms with Crippen molar-refractivity contribution in [2.75, 3.05) is 12.3 Å². The molecule has 2 aromatic heterocycles. The molecule has 1 N–H and O–H groups in total. The maximum absolute atomic E-state index is 12.6. The first-order valence-electron chi connectivity index (χ1n) is 9.49. The number of aromatic nitrogens is 2. The van der Waals surface area contributed by atoms with Crippen LogP contribution in [-0.2, 0) is 17.6 Å². The molecule has 0 unspecified atom stereocenters. The molecule has 1 saturated heterocycles. The summed E-state index contributed by atoms with van der Waals surface area (Å²) in [6.07, 6.45) is 6.52. The summed E-state index contributed by atoms with van der Waals surface area (Å²) in [4.78, 5) is 36.8. The SMILES string of the molecule is C[C@@H]1CCc2c(sc3nc(SCC(=O)N4CCCC[C@H]4C)[nH]c(=O)c23)C1. The molecule has 1 aliphatic carbocycles. The lowest BCUT2D eigenvalue weighted by molar-refractivity contribution is -0.131. The number of carbonyl (C=O) groups is 1. The standard InChI is InChI=1S/C19H25N3O2S2/c1-11-6-7-13-14(9-11)26-18-16(13)17(24)20-19(21-18)25-10-15(23)22-8-4-3-5-12(22)2/h11-12H,3-10H2,1-2H3,(H,20,21,24)/t11-,12-/m1/s1. The molecule has 0 aromatic carbocycles. The quantitative estimate of drug-likeness (QED) is 0.641. The summed E-state index contributed by atoms with van der Waals surface area (Å²) in [6.45, 7) is 5.23. The van der Waals surface area contributed by atoms with Crippen LogP contribution in [0.1, 0.15) is 50.0 Å². The molecule has 4 rings (SSSR count). The topological polar surface area (TPSA) is 66.1 Å². The van der Waals surface area contributed by atoms with Gasteiger partial charge < -0.3 is 9.88 Å². The number of amides is 1. The summed E-state index contributed by atoms with van der Waals surface area (Å²) in [7, 11) is 0. The number of carbonyl (C=O) groups excluding carboxylic acids is 1. The zero-order valence-electron chi connectivity index (χ0n) is 15.3. The van der Waals surface area contributed by atoms with Gasteiger partial charge in [0, 0.05) is 17.5 Å². The van der Waals surface area contributed by atoms with E-state index in [1.165, 1.54) is 28.6 Å². The van der Waals surface area contributed by atoms with Crippen LogP contribution in [-0.4, -0.2) is 39.1 Å². The molecule has 1 aliphatic heterocycles. The lowest BCUT2D eigenvalue weighted by Crippen LogP contribution is -2.43. The van der Waals surface area contributed by atoms with Crippen molar-refractivity contribution >= 4 is 39.2 Å². The van der Waals surface area contributed by atoms with Crippen LogP contribution >= 0.6 is 23.1 Å². The van der Waals surface area contributed by atoms with Gasteiger partial charge in [-0.05, 0) is 56.9 Å². The summed E-state index contributed by atoms with van der Waals surface area (Å²) in [5.41, 5.74) is 1.15. The Bertz CT molecular complexity index is 889. The highest BCUT2D eigenvalue weighted by molar-refractivity contribution is 7.99. The first-order chi connectivity index (χ1) is 12.5. The molecule has 0 radical (unpaired) electrons. The van der Waals surface area contributed by atoms with Crippen LogP contribution in [0.5, 0.6) is 0 Å². The molecule has 0 saturated carbocycles. The highest BCUT2D eigenvalue weighted by atomic mass is 32.2. The molecule has 1 amide bonds. The Labute approximate surface area is 161 Å². The average Bonchev–Trinajstić information content (AvgIpc) is 2.97. The van der Waals surface area contributed by atoms with Crippen LogP contribution in [0.4, 0.5) is 0 Å². The van der Waals surface area contributed by atoms with Crippen LogP contribution in [0, 0.1) is 5.92 Å². The first-order valence-corrected chi connectivity index (χ1v) is 11.3. The Hall–Kier alpha value is -1.34. The molecule has 1 fully saturated rings. The first kappa shape index (κ1) is 18.0. The van der Waals surface area contributed by atoms with Gasteiger partial charge in [0.05, 0.1) is 11.1 Å². The Morgan fingerprint density at radius 2 is 2.19 bits per heavy atom. The van der Waals surface area contributed by atoms with Crippen LogP contribution in [0.15, 0.2) is 9.95 Å². The summed E-state index contributed by atoms with van der Waals surface area (Å²) in [6, 6.07) is 0.317. The second-order valence-electron chi connectivity index (χ2n) is 7.62. The Balaban J connectivity index is 1.52. The number of likely N-dealkylation sites (tertiary alicyclic amines) is 1. The van der Waals surface area contributed by atoms with Gasteiger partial charge in [-0.15, -0.1) is 11.3 Å². The van der Waals surface area contributed by atoms with Crippen molar-refractivity contribution in [2.24, 2.45) is 5.92 Å². The normalized spacial score (nSPS) is 23.2. The van der Waals surface area contributed by atoms with Crippen LogP contribution < -0.4 is 5.56 Å². The molecule has 0 spiro atoms. The van der Waals surface area contributed by atoms with Gasteiger partial charge in [-0.1, -0.05) is 18.7 Å². The number of thioether (sulfide) groups is 1. The maximum atomic E-state index is 12.6. The smallest absolute Gasteiger partial charge is 0.260 e. The summed E-state index contributed by atoms with van der Waals surface area (Å²) in [5.74, 6) is 1.15. The predicted molar refractivity (Wildman–Crippen MR) is 107 cm³/mol. The number of fused-ring (bicyclic) bond motifs is 3. The fourth-order valence-corrected chi connectivity index (χ4v) is 6.27.